The molecule has 5 rings (SSSR count). The van der Waals surface area contributed by atoms with E-state index in [0.717, 1.165) is 64.1 Å². The van der Waals surface area contributed by atoms with Crippen LogP contribution in [0, 0.1) is 0 Å². The third-order valence-electron chi connectivity index (χ3n) is 5.32. The van der Waals surface area contributed by atoms with Crippen LogP contribution in [0.2, 0.25) is 0 Å². The molecule has 1 aromatic carbocycles. The molecule has 0 saturated heterocycles. The highest BCUT2D eigenvalue weighted by atomic mass is 19.4. The Kier molecular flexibility index (Phi) is 6.36. The predicted octanol–water partition coefficient (Wildman–Crippen LogP) is 5.59. The van der Waals surface area contributed by atoms with Crippen molar-refractivity contribution in [3.05, 3.63) is 84.5 Å². The number of benzene rings is 1. The minimum absolute atomic E-state index is 0.00184. The Morgan fingerprint density at radius 1 is 1.06 bits per heavy atom. The van der Waals surface area contributed by atoms with Crippen molar-refractivity contribution >= 4 is 16.8 Å². The summed E-state index contributed by atoms with van der Waals surface area (Å²) in [5.41, 5.74) is 6.50. The smallest absolute Gasteiger partial charge is 0.448 e. The molecule has 6 nitrogen and oxygen atoms in total. The number of nitrogens with zero attached hydrogens (tertiary/aromatic N) is 2. The molecular weight excluding hydrogens is 445 g/mol. The molecule has 4 heterocycles. The van der Waals surface area contributed by atoms with Crippen molar-refractivity contribution in [2.75, 3.05) is 6.54 Å². The molecule has 1 amide bonds. The Morgan fingerprint density at radius 3 is 2.59 bits per heavy atom. The lowest BCUT2D eigenvalue weighted by atomic mass is 10.1. The number of carbonyl (C=O) groups is 1. The highest BCUT2D eigenvalue weighted by molar-refractivity contribution is 5.97. The fourth-order valence-corrected chi connectivity index (χ4v) is 3.58. The molecule has 3 aromatic heterocycles. The van der Waals surface area contributed by atoms with Gasteiger partial charge in [0.25, 0.3) is 5.91 Å². The van der Waals surface area contributed by atoms with E-state index in [1.165, 1.54) is 0 Å². The number of aromatic amines is 1. The number of halogens is 3. The predicted molar refractivity (Wildman–Crippen MR) is 123 cm³/mol. The number of allylic oxidation sites excluding steroid dienone is 1. The number of aryl methyl sites for hydroxylation is 1. The fourth-order valence-electron chi connectivity index (χ4n) is 3.58. The number of hydrogen-bond donors (Lipinski definition) is 3. The van der Waals surface area contributed by atoms with Crippen LogP contribution in [0.4, 0.5) is 13.2 Å². The summed E-state index contributed by atoms with van der Waals surface area (Å²) >= 11 is 0. The number of fused-ring (bicyclic) bond motifs is 2. The summed E-state index contributed by atoms with van der Waals surface area (Å²) in [7, 11) is 0. The zero-order valence-electron chi connectivity index (χ0n) is 18.0. The van der Waals surface area contributed by atoms with Crippen molar-refractivity contribution in [2.24, 2.45) is 0 Å². The molecule has 0 radical (unpaired) electrons. The molecule has 174 valence electrons. The van der Waals surface area contributed by atoms with Gasteiger partial charge in [0.15, 0.2) is 5.76 Å². The molecule has 4 aromatic rings. The number of rotatable bonds is 2. The van der Waals surface area contributed by atoms with E-state index in [1.807, 2.05) is 42.6 Å². The summed E-state index contributed by atoms with van der Waals surface area (Å²) in [5, 5.41) is 11.6. The average molecular weight is 466 g/mol. The van der Waals surface area contributed by atoms with Crippen LogP contribution in [-0.2, 0) is 6.42 Å². The van der Waals surface area contributed by atoms with Crippen LogP contribution in [-0.4, -0.2) is 38.7 Å². The van der Waals surface area contributed by atoms with E-state index in [4.69, 9.17) is 5.11 Å². The van der Waals surface area contributed by atoms with Gasteiger partial charge in [-0.05, 0) is 43.2 Å². The number of aromatic nitrogens is 3. The third kappa shape index (κ3) is 5.09. The maximum absolute atomic E-state index is 12.2. The lowest BCUT2D eigenvalue weighted by molar-refractivity contribution is -0.119. The first kappa shape index (κ1) is 23.0. The monoisotopic (exact) mass is 466 g/mol. The number of nitrogens with one attached hydrogen (secondary N) is 2. The van der Waals surface area contributed by atoms with Crippen LogP contribution >= 0.6 is 0 Å². The van der Waals surface area contributed by atoms with E-state index < -0.39 is 11.9 Å². The van der Waals surface area contributed by atoms with Crippen molar-refractivity contribution in [2.45, 2.75) is 19.0 Å². The average Bonchev–Trinajstić information content (AvgIpc) is 3.18. The maximum Gasteiger partial charge on any atom is 0.448 e. The van der Waals surface area contributed by atoms with Crippen molar-refractivity contribution in [1.82, 2.24) is 20.3 Å². The molecule has 1 aliphatic rings. The van der Waals surface area contributed by atoms with Crippen LogP contribution in [0.25, 0.3) is 33.4 Å². The minimum atomic E-state index is -4.64. The quantitative estimate of drug-likeness (QED) is 0.336. The van der Waals surface area contributed by atoms with Crippen LogP contribution in [0.5, 0.6) is 0 Å². The topological polar surface area (TPSA) is 90.9 Å². The van der Waals surface area contributed by atoms with E-state index >= 15 is 0 Å². The standard InChI is InChI=1S/C22H18N4O.C3H3F3O/c27-22-17-12-21(26-19(17)6-3-8-24-22)15-7-9-23-20(11-15)16-10-14-4-1-2-5-18(14)25-13-16;1-2(7)3(4,5)6/h1-2,4-5,7,9-13,26H,3,6,8H2,(H,24,27);7H,1H2. The largest absolute Gasteiger partial charge is 0.505 e. The van der Waals surface area contributed by atoms with Crippen molar-refractivity contribution in [3.63, 3.8) is 0 Å². The van der Waals surface area contributed by atoms with Gasteiger partial charge in [0.2, 0.25) is 0 Å². The molecule has 0 bridgehead atoms. The van der Waals surface area contributed by atoms with E-state index in [9.17, 15) is 18.0 Å². The van der Waals surface area contributed by atoms with E-state index in [-0.39, 0.29) is 5.91 Å². The number of para-hydroxylation sites is 1. The van der Waals surface area contributed by atoms with Gasteiger partial charge < -0.3 is 15.4 Å². The molecule has 0 spiro atoms. The second kappa shape index (κ2) is 9.38. The molecule has 0 atom stereocenters. The normalized spacial score (nSPS) is 13.3. The van der Waals surface area contributed by atoms with Gasteiger partial charge in [0, 0.05) is 46.8 Å². The number of aliphatic hydroxyl groups is 1. The first-order valence-electron chi connectivity index (χ1n) is 10.5. The van der Waals surface area contributed by atoms with Gasteiger partial charge in [0.05, 0.1) is 16.8 Å². The number of hydrogen-bond acceptors (Lipinski definition) is 4. The second-order valence-electron chi connectivity index (χ2n) is 7.73. The lowest BCUT2D eigenvalue weighted by Crippen LogP contribution is -2.22. The molecule has 0 unspecified atom stereocenters. The summed E-state index contributed by atoms with van der Waals surface area (Å²) in [6.07, 6.45) is 0.835. The Hall–Kier alpha value is -4.14. The zero-order chi connectivity index (χ0) is 24.3. The molecule has 0 saturated carbocycles. The Morgan fingerprint density at radius 2 is 1.82 bits per heavy atom. The summed E-state index contributed by atoms with van der Waals surface area (Å²) in [5.74, 6) is -1.76. The SMILES string of the molecule is C=C(O)C(F)(F)F.O=C1NCCCc2[nH]c(-c3ccnc(-c4cnc5ccccc5c4)c3)cc21. The third-order valence-corrected chi connectivity index (χ3v) is 5.32. The number of amides is 1. The minimum Gasteiger partial charge on any atom is -0.505 e. The molecule has 0 aliphatic carbocycles. The summed E-state index contributed by atoms with van der Waals surface area (Å²) < 4.78 is 32.5. The molecule has 1 aliphatic heterocycles. The number of alkyl halides is 3. The first-order valence-corrected chi connectivity index (χ1v) is 10.5. The van der Waals surface area contributed by atoms with Crippen molar-refractivity contribution in [1.29, 1.82) is 0 Å². The zero-order valence-corrected chi connectivity index (χ0v) is 18.0. The van der Waals surface area contributed by atoms with Gasteiger partial charge in [-0.25, -0.2) is 0 Å². The van der Waals surface area contributed by atoms with Gasteiger partial charge in [-0.15, -0.1) is 0 Å². The lowest BCUT2D eigenvalue weighted by Gasteiger charge is -2.05. The number of carbonyl (C=O) groups excluding carboxylic acids is 1. The number of pyridine rings is 2. The van der Waals surface area contributed by atoms with Crippen LogP contribution in [0.3, 0.4) is 0 Å². The van der Waals surface area contributed by atoms with E-state index in [1.54, 1.807) is 6.20 Å². The second-order valence-corrected chi connectivity index (χ2v) is 7.73. The van der Waals surface area contributed by atoms with Gasteiger partial charge in [-0.2, -0.15) is 13.2 Å². The molecule has 0 fully saturated rings. The van der Waals surface area contributed by atoms with Gasteiger partial charge in [-0.1, -0.05) is 24.8 Å². The summed E-state index contributed by atoms with van der Waals surface area (Å²) in [4.78, 5) is 24.7. The van der Waals surface area contributed by atoms with Crippen LogP contribution in [0.15, 0.2) is 73.3 Å². The molecule has 3 N–H and O–H groups in total. The van der Waals surface area contributed by atoms with Gasteiger partial charge >= 0.3 is 6.18 Å². The first-order chi connectivity index (χ1) is 16.2. The number of H-pyrrole nitrogens is 1. The van der Waals surface area contributed by atoms with Crippen molar-refractivity contribution in [3.8, 4) is 22.5 Å². The summed E-state index contributed by atoms with van der Waals surface area (Å²) in [6.45, 7) is 2.98. The molecule has 34 heavy (non-hydrogen) atoms. The maximum atomic E-state index is 12.2. The Labute approximate surface area is 193 Å². The van der Waals surface area contributed by atoms with Crippen LogP contribution in [0.1, 0.15) is 22.5 Å². The van der Waals surface area contributed by atoms with Crippen LogP contribution < -0.4 is 5.32 Å². The van der Waals surface area contributed by atoms with Crippen molar-refractivity contribution < 1.29 is 23.1 Å². The van der Waals surface area contributed by atoms with E-state index in [2.05, 4.69) is 39.0 Å². The summed E-state index contributed by atoms with van der Waals surface area (Å²) in [6, 6.07) is 16.1. The number of aliphatic hydroxyl groups excluding tert-OH is 1. The highest BCUT2D eigenvalue weighted by Gasteiger charge is 2.31. The fraction of sp³-hybridized carbons (Fsp3) is 0.160. The highest BCUT2D eigenvalue weighted by Crippen LogP contribution is 2.28. The Bertz CT molecular complexity index is 1360. The van der Waals surface area contributed by atoms with Gasteiger partial charge in [0.1, 0.15) is 0 Å². The Balaban J connectivity index is 0.000000344. The molecule has 9 heteroatoms. The molecular formula is C25H21F3N4O2. The van der Waals surface area contributed by atoms with E-state index in [0.29, 0.717) is 0 Å². The van der Waals surface area contributed by atoms with Gasteiger partial charge in [-0.3, -0.25) is 14.8 Å².